The molecule has 2 N–H and O–H groups in total. The van der Waals surface area contributed by atoms with E-state index in [2.05, 4.69) is 0 Å². The van der Waals surface area contributed by atoms with E-state index >= 15 is 0 Å². The number of ketones is 1. The van der Waals surface area contributed by atoms with Crippen molar-refractivity contribution in [3.8, 4) is 5.75 Å². The number of rotatable bonds is 6. The predicted octanol–water partition coefficient (Wildman–Crippen LogP) is 2.39. The summed E-state index contributed by atoms with van der Waals surface area (Å²) in [5.41, 5.74) is 5.78. The lowest BCUT2D eigenvalue weighted by Gasteiger charge is -2.10. The molecule has 4 heteroatoms. The first-order valence-corrected chi connectivity index (χ1v) is 5.65. The van der Waals surface area contributed by atoms with Gasteiger partial charge in [-0.25, -0.2) is 4.39 Å². The molecule has 0 heterocycles. The summed E-state index contributed by atoms with van der Waals surface area (Å²) in [5, 5.41) is 0. The average molecular weight is 239 g/mol. The van der Waals surface area contributed by atoms with Gasteiger partial charge in [-0.15, -0.1) is 0 Å². The molecule has 0 radical (unpaired) electrons. The molecule has 1 unspecified atom stereocenters. The van der Waals surface area contributed by atoms with Gasteiger partial charge in [0.2, 0.25) is 0 Å². The van der Waals surface area contributed by atoms with Crippen LogP contribution in [0, 0.1) is 11.7 Å². The fourth-order valence-electron chi connectivity index (χ4n) is 1.53. The topological polar surface area (TPSA) is 52.3 Å². The smallest absolute Gasteiger partial charge is 0.166 e. The molecule has 0 aliphatic heterocycles. The molecule has 17 heavy (non-hydrogen) atoms. The van der Waals surface area contributed by atoms with Crippen molar-refractivity contribution in [2.75, 3.05) is 13.7 Å². The summed E-state index contributed by atoms with van der Waals surface area (Å²) >= 11 is 0. The van der Waals surface area contributed by atoms with Gasteiger partial charge < -0.3 is 10.5 Å². The van der Waals surface area contributed by atoms with E-state index in [1.165, 1.54) is 25.3 Å². The summed E-state index contributed by atoms with van der Waals surface area (Å²) in [6.45, 7) is 2.53. The Morgan fingerprint density at radius 1 is 1.53 bits per heavy atom. The molecule has 1 aromatic rings. The van der Waals surface area contributed by atoms with Crippen molar-refractivity contribution in [3.05, 3.63) is 29.6 Å². The van der Waals surface area contributed by atoms with E-state index in [4.69, 9.17) is 10.5 Å². The Kier molecular flexibility index (Phi) is 5.10. The summed E-state index contributed by atoms with van der Waals surface area (Å²) in [6.07, 6.45) is 1.06. The highest BCUT2D eigenvalue weighted by atomic mass is 19.1. The molecule has 0 bridgehead atoms. The number of nitrogens with two attached hydrogens (primary N) is 1. The first-order valence-electron chi connectivity index (χ1n) is 5.65. The highest BCUT2D eigenvalue weighted by Gasteiger charge is 2.14. The van der Waals surface area contributed by atoms with Gasteiger partial charge in [0, 0.05) is 6.42 Å². The molecule has 0 aliphatic rings. The molecule has 0 saturated carbocycles. The SMILES string of the molecule is COc1ccc(F)cc1C(=O)CCC(C)CN. The molecule has 1 aromatic carbocycles. The highest BCUT2D eigenvalue weighted by Crippen LogP contribution is 2.22. The van der Waals surface area contributed by atoms with Gasteiger partial charge in [0.1, 0.15) is 11.6 Å². The van der Waals surface area contributed by atoms with Crippen LogP contribution in [0.15, 0.2) is 18.2 Å². The minimum atomic E-state index is -0.430. The number of methoxy groups -OCH3 is 1. The summed E-state index contributed by atoms with van der Waals surface area (Å²) in [7, 11) is 1.46. The van der Waals surface area contributed by atoms with E-state index in [-0.39, 0.29) is 5.78 Å². The minimum absolute atomic E-state index is 0.110. The molecule has 0 saturated heterocycles. The van der Waals surface area contributed by atoms with Crippen molar-refractivity contribution in [1.82, 2.24) is 0 Å². The van der Waals surface area contributed by atoms with Gasteiger partial charge in [-0.2, -0.15) is 0 Å². The van der Waals surface area contributed by atoms with Crippen LogP contribution in [0.3, 0.4) is 0 Å². The van der Waals surface area contributed by atoms with Gasteiger partial charge in [0.15, 0.2) is 5.78 Å². The van der Waals surface area contributed by atoms with Gasteiger partial charge in [0.05, 0.1) is 12.7 Å². The van der Waals surface area contributed by atoms with Crippen LogP contribution in [-0.2, 0) is 0 Å². The molecule has 0 spiro atoms. The fourth-order valence-corrected chi connectivity index (χ4v) is 1.53. The molecule has 0 aromatic heterocycles. The van der Waals surface area contributed by atoms with Crippen LogP contribution in [0.25, 0.3) is 0 Å². The first-order chi connectivity index (χ1) is 8.08. The maximum atomic E-state index is 13.1. The third-order valence-corrected chi connectivity index (χ3v) is 2.73. The zero-order chi connectivity index (χ0) is 12.8. The minimum Gasteiger partial charge on any atom is -0.496 e. The number of Topliss-reactive ketones (excluding diaryl/α,β-unsaturated/α-hetero) is 1. The summed E-state index contributed by atoms with van der Waals surface area (Å²) < 4.78 is 18.1. The van der Waals surface area contributed by atoms with Crippen LogP contribution < -0.4 is 10.5 Å². The zero-order valence-corrected chi connectivity index (χ0v) is 10.2. The maximum absolute atomic E-state index is 13.1. The van der Waals surface area contributed by atoms with Crippen LogP contribution in [0.4, 0.5) is 4.39 Å². The quantitative estimate of drug-likeness (QED) is 0.775. The predicted molar refractivity (Wildman–Crippen MR) is 64.7 cm³/mol. The Morgan fingerprint density at radius 3 is 2.82 bits per heavy atom. The third kappa shape index (κ3) is 3.82. The Balaban J connectivity index is 2.77. The first kappa shape index (κ1) is 13.6. The zero-order valence-electron chi connectivity index (χ0n) is 10.2. The number of carbonyl (C=O) groups is 1. The second-order valence-electron chi connectivity index (χ2n) is 4.15. The van der Waals surface area contributed by atoms with Gasteiger partial charge in [0.25, 0.3) is 0 Å². The van der Waals surface area contributed by atoms with Crippen LogP contribution in [-0.4, -0.2) is 19.4 Å². The average Bonchev–Trinajstić information content (AvgIpc) is 2.35. The van der Waals surface area contributed by atoms with Crippen LogP contribution in [0.1, 0.15) is 30.1 Å². The van der Waals surface area contributed by atoms with Gasteiger partial charge in [-0.05, 0) is 37.1 Å². The maximum Gasteiger partial charge on any atom is 0.166 e. The largest absolute Gasteiger partial charge is 0.496 e. The fraction of sp³-hybridized carbons (Fsp3) is 0.462. The van der Waals surface area contributed by atoms with E-state index in [0.29, 0.717) is 36.6 Å². The van der Waals surface area contributed by atoms with Crippen molar-refractivity contribution >= 4 is 5.78 Å². The second kappa shape index (κ2) is 6.35. The molecular formula is C13H18FNO2. The summed E-state index contributed by atoms with van der Waals surface area (Å²) in [6, 6.07) is 3.96. The molecule has 94 valence electrons. The Labute approximate surface area is 101 Å². The number of carbonyl (C=O) groups excluding carboxylic acids is 1. The van der Waals surface area contributed by atoms with Crippen molar-refractivity contribution < 1.29 is 13.9 Å². The molecule has 0 fully saturated rings. The monoisotopic (exact) mass is 239 g/mol. The van der Waals surface area contributed by atoms with Crippen LogP contribution >= 0.6 is 0 Å². The van der Waals surface area contributed by atoms with E-state index in [9.17, 15) is 9.18 Å². The van der Waals surface area contributed by atoms with Crippen molar-refractivity contribution in [2.45, 2.75) is 19.8 Å². The Morgan fingerprint density at radius 2 is 2.24 bits per heavy atom. The number of hydrogen-bond donors (Lipinski definition) is 1. The number of hydrogen-bond acceptors (Lipinski definition) is 3. The van der Waals surface area contributed by atoms with Gasteiger partial charge in [-0.3, -0.25) is 4.79 Å². The van der Waals surface area contributed by atoms with Crippen molar-refractivity contribution in [3.63, 3.8) is 0 Å². The number of ether oxygens (including phenoxy) is 1. The summed E-state index contributed by atoms with van der Waals surface area (Å²) in [4.78, 5) is 11.9. The number of halogens is 1. The normalized spacial score (nSPS) is 12.2. The summed E-state index contributed by atoms with van der Waals surface area (Å²) in [5.74, 6) is 0.165. The number of benzene rings is 1. The molecule has 0 amide bonds. The van der Waals surface area contributed by atoms with E-state index < -0.39 is 5.82 Å². The second-order valence-corrected chi connectivity index (χ2v) is 4.15. The molecule has 1 rings (SSSR count). The van der Waals surface area contributed by atoms with Crippen molar-refractivity contribution in [1.29, 1.82) is 0 Å². The third-order valence-electron chi connectivity index (χ3n) is 2.73. The molecule has 1 atom stereocenters. The highest BCUT2D eigenvalue weighted by molar-refractivity contribution is 5.98. The molecule has 0 aliphatic carbocycles. The lowest BCUT2D eigenvalue weighted by atomic mass is 9.99. The van der Waals surface area contributed by atoms with Crippen LogP contribution in [0.2, 0.25) is 0 Å². The Hall–Kier alpha value is -1.42. The standard InChI is InChI=1S/C13H18FNO2/c1-9(8-15)3-5-12(16)11-7-10(14)4-6-13(11)17-2/h4,6-7,9H,3,5,8,15H2,1-2H3. The lowest BCUT2D eigenvalue weighted by Crippen LogP contribution is -2.13. The van der Waals surface area contributed by atoms with E-state index in [1.54, 1.807) is 0 Å². The van der Waals surface area contributed by atoms with Gasteiger partial charge in [-0.1, -0.05) is 6.92 Å². The molecule has 3 nitrogen and oxygen atoms in total. The molecular weight excluding hydrogens is 221 g/mol. The van der Waals surface area contributed by atoms with E-state index in [0.717, 1.165) is 0 Å². The van der Waals surface area contributed by atoms with Crippen molar-refractivity contribution in [2.24, 2.45) is 11.7 Å². The van der Waals surface area contributed by atoms with E-state index in [1.807, 2.05) is 6.92 Å². The lowest BCUT2D eigenvalue weighted by molar-refractivity contribution is 0.0971. The Bertz CT molecular complexity index is 393. The van der Waals surface area contributed by atoms with Crippen LogP contribution in [0.5, 0.6) is 5.75 Å². The van der Waals surface area contributed by atoms with Gasteiger partial charge >= 0.3 is 0 Å².